The molecule has 1 aromatic carbocycles. The Bertz CT molecular complexity index is 921. The van der Waals surface area contributed by atoms with Gasteiger partial charge in [-0.15, -0.1) is 6.58 Å². The predicted molar refractivity (Wildman–Crippen MR) is 90.5 cm³/mol. The van der Waals surface area contributed by atoms with Crippen LogP contribution in [-0.4, -0.2) is 45.9 Å². The van der Waals surface area contributed by atoms with Crippen LogP contribution in [0.15, 0.2) is 46.9 Å². The minimum absolute atomic E-state index is 0.115. The summed E-state index contributed by atoms with van der Waals surface area (Å²) in [4.78, 5) is 17.1. The molecule has 0 unspecified atom stereocenters. The van der Waals surface area contributed by atoms with Crippen LogP contribution in [0.1, 0.15) is 0 Å². The van der Waals surface area contributed by atoms with Crippen LogP contribution in [0.5, 0.6) is 0 Å². The zero-order chi connectivity index (χ0) is 16.6. The van der Waals surface area contributed by atoms with Crippen molar-refractivity contribution in [2.45, 2.75) is 23.1 Å². The van der Waals surface area contributed by atoms with Crippen LogP contribution in [0.4, 0.5) is 0 Å². The van der Waals surface area contributed by atoms with Crippen LogP contribution >= 0.6 is 11.8 Å². The van der Waals surface area contributed by atoms with E-state index >= 15 is 0 Å². The van der Waals surface area contributed by atoms with E-state index in [1.165, 1.54) is 4.57 Å². The molecule has 2 aromatic rings. The van der Waals surface area contributed by atoms with Gasteiger partial charge in [-0.1, -0.05) is 30.0 Å². The molecular weight excluding hydrogens is 336 g/mol. The highest BCUT2D eigenvalue weighted by Crippen LogP contribution is 2.30. The molecule has 8 heteroatoms. The van der Waals surface area contributed by atoms with Crippen molar-refractivity contribution in [1.29, 1.82) is 0 Å². The van der Waals surface area contributed by atoms with Gasteiger partial charge in [0.1, 0.15) is 0 Å². The Morgan fingerprint density at radius 3 is 2.78 bits per heavy atom. The fraction of sp³-hybridized carbons (Fsp3) is 0.333. The molecule has 1 aliphatic rings. The number of aromatic nitrogens is 2. The van der Waals surface area contributed by atoms with Crippen molar-refractivity contribution in [2.24, 2.45) is 0 Å². The van der Waals surface area contributed by atoms with Gasteiger partial charge in [-0.2, -0.15) is 0 Å². The number of benzene rings is 1. The maximum Gasteiger partial charge on any atom is 0.262 e. The van der Waals surface area contributed by atoms with Crippen molar-refractivity contribution in [3.63, 3.8) is 0 Å². The maximum absolute atomic E-state index is 12.6. The van der Waals surface area contributed by atoms with E-state index in [0.717, 1.165) is 11.8 Å². The first-order valence-electron chi connectivity index (χ1n) is 7.07. The van der Waals surface area contributed by atoms with Crippen LogP contribution in [0.2, 0.25) is 0 Å². The van der Waals surface area contributed by atoms with E-state index in [0.29, 0.717) is 16.1 Å². The molecule has 0 amide bonds. The fourth-order valence-corrected chi connectivity index (χ4v) is 6.16. The molecule has 1 saturated heterocycles. The average Bonchev–Trinajstić information content (AvgIpc) is 2.75. The number of thioether (sulfide) groups is 1. The molecule has 1 N–H and O–H groups in total. The third kappa shape index (κ3) is 3.19. The number of para-hydroxylation sites is 1. The summed E-state index contributed by atoms with van der Waals surface area (Å²) in [6.45, 7) is 3.92. The summed E-state index contributed by atoms with van der Waals surface area (Å²) in [5.74, 6) is -0.362. The van der Waals surface area contributed by atoms with Gasteiger partial charge >= 0.3 is 0 Å². The van der Waals surface area contributed by atoms with E-state index < -0.39 is 21.2 Å². The normalized spacial score (nSPS) is 23.2. The maximum atomic E-state index is 12.6. The van der Waals surface area contributed by atoms with Crippen molar-refractivity contribution in [1.82, 2.24) is 9.55 Å². The van der Waals surface area contributed by atoms with E-state index in [1.54, 1.807) is 30.3 Å². The van der Waals surface area contributed by atoms with Crippen molar-refractivity contribution in [3.8, 4) is 0 Å². The molecule has 1 aliphatic heterocycles. The van der Waals surface area contributed by atoms with Crippen LogP contribution in [-0.2, 0) is 16.4 Å². The van der Waals surface area contributed by atoms with Crippen LogP contribution in [0.25, 0.3) is 10.9 Å². The summed E-state index contributed by atoms with van der Waals surface area (Å²) in [5.41, 5.74) is 0.351. The molecule has 0 radical (unpaired) electrons. The third-order valence-electron chi connectivity index (χ3n) is 3.67. The molecule has 2 atom stereocenters. The van der Waals surface area contributed by atoms with E-state index in [-0.39, 0.29) is 23.6 Å². The second-order valence-corrected chi connectivity index (χ2v) is 8.78. The highest BCUT2D eigenvalue weighted by atomic mass is 32.2. The Morgan fingerprint density at radius 1 is 1.39 bits per heavy atom. The average molecular weight is 352 g/mol. The predicted octanol–water partition coefficient (Wildman–Crippen LogP) is 0.832. The first-order chi connectivity index (χ1) is 10.9. The molecule has 0 aliphatic carbocycles. The molecule has 1 fully saturated rings. The summed E-state index contributed by atoms with van der Waals surface area (Å²) in [5, 5.41) is 10.3. The number of hydrogen-bond acceptors (Lipinski definition) is 6. The number of allylic oxidation sites excluding steroid dienone is 1. The summed E-state index contributed by atoms with van der Waals surface area (Å²) >= 11 is 1.13. The second kappa shape index (κ2) is 6.10. The molecular formula is C15H16N2O4S2. The molecule has 0 saturated carbocycles. The van der Waals surface area contributed by atoms with Crippen molar-refractivity contribution < 1.29 is 13.5 Å². The molecule has 6 nitrogen and oxygen atoms in total. The Hall–Kier alpha value is -1.64. The number of aliphatic hydroxyl groups is 1. The van der Waals surface area contributed by atoms with Gasteiger partial charge in [-0.3, -0.25) is 9.36 Å². The van der Waals surface area contributed by atoms with Crippen LogP contribution in [0, 0.1) is 0 Å². The van der Waals surface area contributed by atoms with Gasteiger partial charge in [-0.05, 0) is 12.1 Å². The Labute approximate surface area is 137 Å². The Morgan fingerprint density at radius 2 is 2.13 bits per heavy atom. The van der Waals surface area contributed by atoms with E-state index in [4.69, 9.17) is 0 Å². The smallest absolute Gasteiger partial charge is 0.262 e. The van der Waals surface area contributed by atoms with Crippen LogP contribution in [0.3, 0.4) is 0 Å². The number of hydrogen-bond donors (Lipinski definition) is 1. The highest BCUT2D eigenvalue weighted by molar-refractivity contribution is 8.01. The zero-order valence-electron chi connectivity index (χ0n) is 12.3. The van der Waals surface area contributed by atoms with Gasteiger partial charge in [-0.25, -0.2) is 13.4 Å². The molecule has 23 heavy (non-hydrogen) atoms. The molecule has 1 aromatic heterocycles. The minimum atomic E-state index is -3.25. The molecule has 3 rings (SSSR count). The van der Waals surface area contributed by atoms with Gasteiger partial charge < -0.3 is 5.11 Å². The monoisotopic (exact) mass is 352 g/mol. The van der Waals surface area contributed by atoms with E-state index in [1.807, 2.05) is 0 Å². The number of fused-ring (bicyclic) bond motifs is 1. The second-order valence-electron chi connectivity index (χ2n) is 5.42. The molecule has 2 heterocycles. The van der Waals surface area contributed by atoms with Gasteiger partial charge in [0, 0.05) is 6.54 Å². The lowest BCUT2D eigenvalue weighted by Crippen LogP contribution is -2.26. The summed E-state index contributed by atoms with van der Waals surface area (Å²) in [6.07, 6.45) is 0.634. The number of nitrogens with zero attached hydrogens (tertiary/aromatic N) is 2. The number of sulfone groups is 1. The third-order valence-corrected chi connectivity index (χ3v) is 6.90. The minimum Gasteiger partial charge on any atom is -0.391 e. The van der Waals surface area contributed by atoms with E-state index in [9.17, 15) is 18.3 Å². The van der Waals surface area contributed by atoms with E-state index in [2.05, 4.69) is 11.6 Å². The van der Waals surface area contributed by atoms with Gasteiger partial charge in [0.15, 0.2) is 15.0 Å². The zero-order valence-corrected chi connectivity index (χ0v) is 13.9. The Balaban J connectivity index is 2.07. The van der Waals surface area contributed by atoms with Crippen molar-refractivity contribution in [3.05, 3.63) is 47.3 Å². The van der Waals surface area contributed by atoms with Crippen molar-refractivity contribution >= 4 is 32.5 Å². The summed E-state index contributed by atoms with van der Waals surface area (Å²) in [6, 6.07) is 6.99. The lowest BCUT2D eigenvalue weighted by atomic mass is 10.2. The SMILES string of the molecule is C=CCn1c(S[C@H]2CS(=O)(=O)C[C@H]2O)nc2ccccc2c1=O. The number of rotatable bonds is 4. The largest absolute Gasteiger partial charge is 0.391 e. The molecule has 0 spiro atoms. The van der Waals surface area contributed by atoms with Crippen molar-refractivity contribution in [2.75, 3.05) is 11.5 Å². The summed E-state index contributed by atoms with van der Waals surface area (Å²) in [7, 11) is -3.25. The topological polar surface area (TPSA) is 89.3 Å². The first kappa shape index (κ1) is 16.2. The van der Waals surface area contributed by atoms with Gasteiger partial charge in [0.05, 0.1) is 33.8 Å². The van der Waals surface area contributed by atoms with Gasteiger partial charge in [0.25, 0.3) is 5.56 Å². The fourth-order valence-electron chi connectivity index (χ4n) is 2.57. The lowest BCUT2D eigenvalue weighted by Gasteiger charge is -2.16. The Kier molecular flexibility index (Phi) is 4.31. The quantitative estimate of drug-likeness (QED) is 0.648. The lowest BCUT2D eigenvalue weighted by molar-refractivity contribution is 0.207. The van der Waals surface area contributed by atoms with Gasteiger partial charge in [0.2, 0.25) is 0 Å². The summed E-state index contributed by atoms with van der Waals surface area (Å²) < 4.78 is 24.8. The highest BCUT2D eigenvalue weighted by Gasteiger charge is 2.38. The molecule has 0 bridgehead atoms. The molecule has 122 valence electrons. The number of aliphatic hydroxyl groups excluding tert-OH is 1. The van der Waals surface area contributed by atoms with Crippen LogP contribution < -0.4 is 5.56 Å². The standard InChI is InChI=1S/C15H16N2O4S2/c1-2-7-17-14(19)10-5-3-4-6-11(10)16-15(17)22-13-9-23(20,21)8-12(13)18/h2-6,12-13,18H,1,7-9H2/t12-,13+/m1/s1. The first-order valence-corrected chi connectivity index (χ1v) is 9.77.